The number of benzene rings is 2. The molecule has 0 unspecified atom stereocenters. The predicted molar refractivity (Wildman–Crippen MR) is 102 cm³/mol. The van der Waals surface area contributed by atoms with E-state index in [1.807, 2.05) is 50.2 Å². The molecule has 0 aliphatic heterocycles. The van der Waals surface area contributed by atoms with Gasteiger partial charge in [-0.15, -0.1) is 5.10 Å². The average molecular weight is 351 g/mol. The van der Waals surface area contributed by atoms with E-state index in [2.05, 4.69) is 34.2 Å². The highest BCUT2D eigenvalue weighted by molar-refractivity contribution is 8.00. The normalized spacial score (nSPS) is 12.1. The average Bonchev–Trinajstić information content (AvgIpc) is 3.10. The van der Waals surface area contributed by atoms with E-state index < -0.39 is 0 Å². The maximum atomic E-state index is 12.5. The summed E-state index contributed by atoms with van der Waals surface area (Å²) < 4.78 is 0. The van der Waals surface area contributed by atoms with Crippen LogP contribution in [0.5, 0.6) is 0 Å². The van der Waals surface area contributed by atoms with Gasteiger partial charge in [0, 0.05) is 11.1 Å². The molecule has 0 fully saturated rings. The molecule has 1 N–H and O–H groups in total. The maximum absolute atomic E-state index is 12.5. The predicted octanol–water partition coefficient (Wildman–Crippen LogP) is 4.71. The Morgan fingerprint density at radius 2 is 1.80 bits per heavy atom. The summed E-state index contributed by atoms with van der Waals surface area (Å²) in [5.74, 6) is 0.809. The van der Waals surface area contributed by atoms with E-state index in [0.29, 0.717) is 5.16 Å². The molecule has 128 valence electrons. The molecule has 0 saturated carbocycles. The van der Waals surface area contributed by atoms with Gasteiger partial charge in [-0.1, -0.05) is 72.8 Å². The fraction of sp³-hybridized carbons (Fsp3) is 0.250. The standard InChI is InChI=1S/C20H21N3OS/c1-4-15-7-11-17(12-8-15)19-21-20(23-22-19)25-14(3)18(24)16-9-5-13(2)6-10-16/h5-12,14H,4H2,1-3H3,(H,21,22,23)/t14-/m0/s1. The lowest BCUT2D eigenvalue weighted by atomic mass is 10.1. The molecule has 3 aromatic rings. The third-order valence-corrected chi connectivity index (χ3v) is 5.05. The highest BCUT2D eigenvalue weighted by Gasteiger charge is 2.19. The van der Waals surface area contributed by atoms with Gasteiger partial charge in [-0.05, 0) is 25.8 Å². The zero-order valence-corrected chi connectivity index (χ0v) is 15.4. The first-order valence-corrected chi connectivity index (χ1v) is 9.24. The van der Waals surface area contributed by atoms with Crippen molar-refractivity contribution in [3.8, 4) is 11.4 Å². The van der Waals surface area contributed by atoms with Gasteiger partial charge >= 0.3 is 0 Å². The lowest BCUT2D eigenvalue weighted by molar-refractivity contribution is 0.0994. The minimum absolute atomic E-state index is 0.0867. The number of carbonyl (C=O) groups is 1. The molecule has 0 radical (unpaired) electrons. The zero-order valence-electron chi connectivity index (χ0n) is 14.6. The van der Waals surface area contributed by atoms with Crippen molar-refractivity contribution in [2.45, 2.75) is 37.6 Å². The summed E-state index contributed by atoms with van der Waals surface area (Å²) in [5, 5.41) is 7.54. The van der Waals surface area contributed by atoms with Crippen LogP contribution in [-0.4, -0.2) is 26.2 Å². The van der Waals surface area contributed by atoms with Crippen molar-refractivity contribution in [2.75, 3.05) is 0 Å². The van der Waals surface area contributed by atoms with Crippen LogP contribution in [0.25, 0.3) is 11.4 Å². The number of nitrogens with one attached hydrogen (secondary N) is 1. The number of aryl methyl sites for hydroxylation is 2. The van der Waals surface area contributed by atoms with Crippen LogP contribution in [0.4, 0.5) is 0 Å². The number of rotatable bonds is 6. The Balaban J connectivity index is 1.69. The minimum atomic E-state index is -0.242. The van der Waals surface area contributed by atoms with Crippen LogP contribution < -0.4 is 0 Å². The van der Waals surface area contributed by atoms with Gasteiger partial charge in [0.2, 0.25) is 5.16 Å². The Morgan fingerprint density at radius 3 is 2.44 bits per heavy atom. The summed E-state index contributed by atoms with van der Waals surface area (Å²) >= 11 is 1.37. The van der Waals surface area contributed by atoms with Crippen LogP contribution in [0, 0.1) is 6.92 Å². The fourth-order valence-electron chi connectivity index (χ4n) is 2.49. The number of hydrogen-bond acceptors (Lipinski definition) is 4. The van der Waals surface area contributed by atoms with Crippen LogP contribution in [0.3, 0.4) is 0 Å². The van der Waals surface area contributed by atoms with Crippen molar-refractivity contribution in [2.24, 2.45) is 0 Å². The molecule has 4 nitrogen and oxygen atoms in total. The molecular weight excluding hydrogens is 330 g/mol. The van der Waals surface area contributed by atoms with Crippen LogP contribution in [0.1, 0.15) is 35.3 Å². The van der Waals surface area contributed by atoms with E-state index in [9.17, 15) is 4.79 Å². The van der Waals surface area contributed by atoms with E-state index in [0.717, 1.165) is 28.9 Å². The number of H-pyrrole nitrogens is 1. The van der Waals surface area contributed by atoms with Gasteiger partial charge in [0.15, 0.2) is 11.6 Å². The molecule has 1 heterocycles. The van der Waals surface area contributed by atoms with Crippen molar-refractivity contribution in [3.63, 3.8) is 0 Å². The molecule has 0 saturated heterocycles. The molecule has 0 aliphatic rings. The second kappa shape index (κ2) is 7.66. The summed E-state index contributed by atoms with van der Waals surface area (Å²) in [6.45, 7) is 6.03. The summed E-state index contributed by atoms with van der Waals surface area (Å²) in [4.78, 5) is 17.0. The Labute approximate surface area is 152 Å². The Hall–Kier alpha value is -2.40. The van der Waals surface area contributed by atoms with Crippen LogP contribution in [-0.2, 0) is 6.42 Å². The molecule has 0 aliphatic carbocycles. The second-order valence-electron chi connectivity index (χ2n) is 6.01. The van der Waals surface area contributed by atoms with Gasteiger partial charge in [0.25, 0.3) is 0 Å². The molecule has 1 atom stereocenters. The zero-order chi connectivity index (χ0) is 17.8. The number of nitrogens with zero attached hydrogens (tertiary/aromatic N) is 2. The highest BCUT2D eigenvalue weighted by atomic mass is 32.2. The molecule has 0 amide bonds. The molecule has 3 rings (SSSR count). The quantitative estimate of drug-likeness (QED) is 0.516. The number of Topliss-reactive ketones (excluding diaryl/α,β-unsaturated/α-hetero) is 1. The molecule has 2 aromatic carbocycles. The number of carbonyl (C=O) groups excluding carboxylic acids is 1. The third kappa shape index (κ3) is 4.17. The van der Waals surface area contributed by atoms with Gasteiger partial charge in [0.05, 0.1) is 5.25 Å². The molecule has 0 bridgehead atoms. The van der Waals surface area contributed by atoms with E-state index in [4.69, 9.17) is 0 Å². The largest absolute Gasteiger partial charge is 0.293 e. The second-order valence-corrected chi connectivity index (χ2v) is 7.32. The Bertz CT molecular complexity index is 853. The van der Waals surface area contributed by atoms with Gasteiger partial charge < -0.3 is 0 Å². The number of ketones is 1. The summed E-state index contributed by atoms with van der Waals surface area (Å²) in [7, 11) is 0. The van der Waals surface area contributed by atoms with Crippen molar-refractivity contribution in [3.05, 3.63) is 65.2 Å². The molecular formula is C20H21N3OS. The first kappa shape index (κ1) is 17.4. The summed E-state index contributed by atoms with van der Waals surface area (Å²) in [6, 6.07) is 15.9. The Kier molecular flexibility index (Phi) is 5.34. The van der Waals surface area contributed by atoms with E-state index >= 15 is 0 Å². The molecule has 5 heteroatoms. The molecule has 25 heavy (non-hydrogen) atoms. The maximum Gasteiger partial charge on any atom is 0.209 e. The first-order chi connectivity index (χ1) is 12.1. The van der Waals surface area contributed by atoms with Gasteiger partial charge in [0.1, 0.15) is 0 Å². The van der Waals surface area contributed by atoms with Crippen LogP contribution in [0.2, 0.25) is 0 Å². The topological polar surface area (TPSA) is 58.6 Å². The van der Waals surface area contributed by atoms with Crippen molar-refractivity contribution in [1.82, 2.24) is 15.2 Å². The molecule has 1 aromatic heterocycles. The van der Waals surface area contributed by atoms with E-state index in [1.165, 1.54) is 17.3 Å². The van der Waals surface area contributed by atoms with Gasteiger partial charge in [-0.25, -0.2) is 4.98 Å². The number of aromatic nitrogens is 3. The lowest BCUT2D eigenvalue weighted by Crippen LogP contribution is -2.13. The first-order valence-electron chi connectivity index (χ1n) is 8.36. The Morgan fingerprint density at radius 1 is 1.12 bits per heavy atom. The number of thioether (sulfide) groups is 1. The van der Waals surface area contributed by atoms with E-state index in [-0.39, 0.29) is 11.0 Å². The van der Waals surface area contributed by atoms with Crippen molar-refractivity contribution in [1.29, 1.82) is 0 Å². The third-order valence-electron chi connectivity index (χ3n) is 4.09. The highest BCUT2D eigenvalue weighted by Crippen LogP contribution is 2.25. The van der Waals surface area contributed by atoms with Gasteiger partial charge in [-0.2, -0.15) is 0 Å². The van der Waals surface area contributed by atoms with Gasteiger partial charge in [-0.3, -0.25) is 9.89 Å². The smallest absolute Gasteiger partial charge is 0.209 e. The summed E-state index contributed by atoms with van der Waals surface area (Å²) in [6.07, 6.45) is 1.01. The van der Waals surface area contributed by atoms with E-state index in [1.54, 1.807) is 0 Å². The summed E-state index contributed by atoms with van der Waals surface area (Å²) in [5.41, 5.74) is 4.14. The van der Waals surface area contributed by atoms with Crippen molar-refractivity contribution >= 4 is 17.5 Å². The lowest BCUT2D eigenvalue weighted by Gasteiger charge is -2.07. The SMILES string of the molecule is CCc1ccc(-c2nc(S[C@@H](C)C(=O)c3ccc(C)cc3)n[nH]2)cc1. The minimum Gasteiger partial charge on any atom is -0.293 e. The monoisotopic (exact) mass is 351 g/mol. The molecule has 0 spiro atoms. The number of aromatic amines is 1. The van der Waals surface area contributed by atoms with Crippen LogP contribution in [0.15, 0.2) is 53.7 Å². The van der Waals surface area contributed by atoms with Crippen molar-refractivity contribution < 1.29 is 4.79 Å². The fourth-order valence-corrected chi connectivity index (χ4v) is 3.29. The number of hydrogen-bond donors (Lipinski definition) is 1. The van der Waals surface area contributed by atoms with Crippen LogP contribution >= 0.6 is 11.8 Å².